The first kappa shape index (κ1) is 11.8. The highest BCUT2D eigenvalue weighted by Gasteiger charge is 2.06. The van der Waals surface area contributed by atoms with Crippen LogP contribution in [0, 0.1) is 6.92 Å². The van der Waals surface area contributed by atoms with Crippen molar-refractivity contribution in [3.63, 3.8) is 0 Å². The smallest absolute Gasteiger partial charge is 0.310 e. The summed E-state index contributed by atoms with van der Waals surface area (Å²) in [6.07, 6.45) is 0.408. The summed E-state index contributed by atoms with van der Waals surface area (Å²) in [6, 6.07) is 5.94. The number of carbonyl (C=O) groups excluding carboxylic acids is 1. The average molecular weight is 206 g/mol. The lowest BCUT2D eigenvalue weighted by atomic mass is 10.0. The Hall–Kier alpha value is -1.31. The quantitative estimate of drug-likeness (QED) is 0.559. The summed E-state index contributed by atoms with van der Waals surface area (Å²) < 4.78 is 5.20. The maximum absolute atomic E-state index is 11.2. The minimum absolute atomic E-state index is 0.185. The Morgan fingerprint density at radius 2 is 2.00 bits per heavy atom. The standard InChI is InChI=1S/C13H18O2/c1-5-13(14)15-12-7-10(4)6-11(8-12)9(2)3/h6-9H,5H2,1-4H3. The van der Waals surface area contributed by atoms with Crippen LogP contribution in [0.15, 0.2) is 18.2 Å². The molecule has 2 heteroatoms. The van der Waals surface area contributed by atoms with E-state index in [0.29, 0.717) is 18.1 Å². The number of carbonyl (C=O) groups is 1. The van der Waals surface area contributed by atoms with Crippen molar-refractivity contribution in [1.29, 1.82) is 0 Å². The molecule has 82 valence electrons. The van der Waals surface area contributed by atoms with Crippen molar-refractivity contribution in [2.75, 3.05) is 0 Å². The summed E-state index contributed by atoms with van der Waals surface area (Å²) in [4.78, 5) is 11.2. The number of esters is 1. The number of hydrogen-bond donors (Lipinski definition) is 0. The van der Waals surface area contributed by atoms with Crippen LogP contribution in [0.25, 0.3) is 0 Å². The van der Waals surface area contributed by atoms with E-state index in [9.17, 15) is 4.79 Å². The van der Waals surface area contributed by atoms with E-state index < -0.39 is 0 Å². The van der Waals surface area contributed by atoms with Gasteiger partial charge in [0.15, 0.2) is 0 Å². The Morgan fingerprint density at radius 3 is 2.53 bits per heavy atom. The summed E-state index contributed by atoms with van der Waals surface area (Å²) in [5.74, 6) is 0.921. The fourth-order valence-electron chi connectivity index (χ4n) is 1.37. The monoisotopic (exact) mass is 206 g/mol. The van der Waals surface area contributed by atoms with Gasteiger partial charge in [-0.15, -0.1) is 0 Å². The predicted molar refractivity (Wildman–Crippen MR) is 61.2 cm³/mol. The molecule has 0 saturated heterocycles. The van der Waals surface area contributed by atoms with Crippen molar-refractivity contribution >= 4 is 5.97 Å². The predicted octanol–water partition coefficient (Wildman–Crippen LogP) is 3.43. The van der Waals surface area contributed by atoms with Gasteiger partial charge in [-0.1, -0.05) is 26.8 Å². The molecule has 0 unspecified atom stereocenters. The van der Waals surface area contributed by atoms with E-state index in [4.69, 9.17) is 4.74 Å². The van der Waals surface area contributed by atoms with E-state index in [0.717, 1.165) is 5.56 Å². The lowest BCUT2D eigenvalue weighted by molar-refractivity contribution is -0.134. The highest BCUT2D eigenvalue weighted by atomic mass is 16.5. The average Bonchev–Trinajstić information content (AvgIpc) is 2.16. The number of benzene rings is 1. The third kappa shape index (κ3) is 3.39. The lowest BCUT2D eigenvalue weighted by Gasteiger charge is -2.10. The van der Waals surface area contributed by atoms with Gasteiger partial charge in [0, 0.05) is 6.42 Å². The zero-order chi connectivity index (χ0) is 11.4. The van der Waals surface area contributed by atoms with Gasteiger partial charge in [-0.05, 0) is 36.1 Å². The first-order valence-electron chi connectivity index (χ1n) is 5.35. The highest BCUT2D eigenvalue weighted by Crippen LogP contribution is 2.22. The summed E-state index contributed by atoms with van der Waals surface area (Å²) >= 11 is 0. The van der Waals surface area contributed by atoms with Gasteiger partial charge in [0.25, 0.3) is 0 Å². The fraction of sp³-hybridized carbons (Fsp3) is 0.462. The van der Waals surface area contributed by atoms with Gasteiger partial charge in [0.1, 0.15) is 5.75 Å². The number of hydrogen-bond acceptors (Lipinski definition) is 2. The van der Waals surface area contributed by atoms with E-state index >= 15 is 0 Å². The molecule has 0 heterocycles. The van der Waals surface area contributed by atoms with E-state index in [-0.39, 0.29) is 5.97 Å². The second-order valence-corrected chi connectivity index (χ2v) is 4.06. The van der Waals surface area contributed by atoms with Gasteiger partial charge < -0.3 is 4.74 Å². The zero-order valence-corrected chi connectivity index (χ0v) is 9.83. The van der Waals surface area contributed by atoms with E-state index in [1.807, 2.05) is 19.1 Å². The van der Waals surface area contributed by atoms with Crippen molar-refractivity contribution in [3.05, 3.63) is 29.3 Å². The fourth-order valence-corrected chi connectivity index (χ4v) is 1.37. The molecule has 0 bridgehead atoms. The van der Waals surface area contributed by atoms with Gasteiger partial charge >= 0.3 is 5.97 Å². The van der Waals surface area contributed by atoms with Gasteiger partial charge in [-0.3, -0.25) is 4.79 Å². The number of rotatable bonds is 3. The second-order valence-electron chi connectivity index (χ2n) is 4.06. The molecule has 0 atom stereocenters. The third-order valence-corrected chi connectivity index (χ3v) is 2.26. The maximum Gasteiger partial charge on any atom is 0.310 e. The molecule has 0 aromatic heterocycles. The first-order chi connectivity index (χ1) is 7.02. The van der Waals surface area contributed by atoms with Crippen molar-refractivity contribution in [1.82, 2.24) is 0 Å². The summed E-state index contributed by atoms with van der Waals surface area (Å²) in [7, 11) is 0. The molecule has 0 radical (unpaired) electrons. The second kappa shape index (κ2) is 4.96. The first-order valence-corrected chi connectivity index (χ1v) is 5.35. The maximum atomic E-state index is 11.2. The molecule has 0 aliphatic carbocycles. The Bertz CT molecular complexity index is 354. The van der Waals surface area contributed by atoms with Crippen molar-refractivity contribution in [2.45, 2.75) is 40.0 Å². The largest absolute Gasteiger partial charge is 0.427 e. The molecule has 15 heavy (non-hydrogen) atoms. The van der Waals surface area contributed by atoms with Crippen LogP contribution in [0.1, 0.15) is 44.2 Å². The Balaban J connectivity index is 2.93. The molecule has 1 rings (SSSR count). The van der Waals surface area contributed by atoms with Crippen LogP contribution in [0.5, 0.6) is 5.75 Å². The van der Waals surface area contributed by atoms with E-state index in [2.05, 4.69) is 19.9 Å². The van der Waals surface area contributed by atoms with Gasteiger partial charge in [-0.2, -0.15) is 0 Å². The van der Waals surface area contributed by atoms with Crippen LogP contribution >= 0.6 is 0 Å². The van der Waals surface area contributed by atoms with Crippen LogP contribution in [-0.4, -0.2) is 5.97 Å². The van der Waals surface area contributed by atoms with Crippen LogP contribution in [0.2, 0.25) is 0 Å². The summed E-state index contributed by atoms with van der Waals surface area (Å²) in [5.41, 5.74) is 2.33. The van der Waals surface area contributed by atoms with Crippen LogP contribution in [-0.2, 0) is 4.79 Å². The Kier molecular flexibility index (Phi) is 3.89. The molecule has 0 fully saturated rings. The molecular formula is C13H18O2. The topological polar surface area (TPSA) is 26.3 Å². The normalized spacial score (nSPS) is 10.5. The Morgan fingerprint density at radius 1 is 1.33 bits per heavy atom. The molecule has 0 aliphatic heterocycles. The van der Waals surface area contributed by atoms with Crippen molar-refractivity contribution in [3.8, 4) is 5.75 Å². The minimum atomic E-state index is -0.185. The SMILES string of the molecule is CCC(=O)Oc1cc(C)cc(C(C)C)c1. The van der Waals surface area contributed by atoms with Crippen LogP contribution < -0.4 is 4.74 Å². The molecule has 0 N–H and O–H groups in total. The summed E-state index contributed by atoms with van der Waals surface area (Å²) in [5, 5.41) is 0. The van der Waals surface area contributed by atoms with Crippen LogP contribution in [0.3, 0.4) is 0 Å². The van der Waals surface area contributed by atoms with Crippen molar-refractivity contribution in [2.24, 2.45) is 0 Å². The molecule has 0 saturated carbocycles. The molecule has 1 aromatic rings. The number of ether oxygens (including phenoxy) is 1. The van der Waals surface area contributed by atoms with E-state index in [1.54, 1.807) is 6.92 Å². The molecule has 2 nitrogen and oxygen atoms in total. The number of aryl methyl sites for hydroxylation is 1. The van der Waals surface area contributed by atoms with Gasteiger partial charge in [0.2, 0.25) is 0 Å². The van der Waals surface area contributed by atoms with Gasteiger partial charge in [-0.25, -0.2) is 0 Å². The molecule has 1 aromatic carbocycles. The highest BCUT2D eigenvalue weighted by molar-refractivity contribution is 5.72. The van der Waals surface area contributed by atoms with E-state index in [1.165, 1.54) is 5.56 Å². The Labute approximate surface area is 91.3 Å². The van der Waals surface area contributed by atoms with Crippen molar-refractivity contribution < 1.29 is 9.53 Å². The molecule has 0 aliphatic rings. The zero-order valence-electron chi connectivity index (χ0n) is 9.83. The molecule has 0 spiro atoms. The van der Waals surface area contributed by atoms with Crippen LogP contribution in [0.4, 0.5) is 0 Å². The van der Waals surface area contributed by atoms with Gasteiger partial charge in [0.05, 0.1) is 0 Å². The minimum Gasteiger partial charge on any atom is -0.427 e. The summed E-state index contributed by atoms with van der Waals surface area (Å²) in [6.45, 7) is 8.05. The third-order valence-electron chi connectivity index (χ3n) is 2.26. The lowest BCUT2D eigenvalue weighted by Crippen LogP contribution is -2.06. The molecular weight excluding hydrogens is 188 g/mol. The molecule has 0 amide bonds.